The Morgan fingerprint density at radius 3 is 2.71 bits per heavy atom. The minimum Gasteiger partial charge on any atom is -0.455 e. The lowest BCUT2D eigenvalue weighted by molar-refractivity contribution is -0.144. The SMILES string of the molecule is Cc1ccc(NC(=O)COC(=O)CSc2ccccc2F)c(Cl)c1. The van der Waals surface area contributed by atoms with E-state index in [4.69, 9.17) is 16.3 Å². The zero-order valence-corrected chi connectivity index (χ0v) is 14.4. The van der Waals surface area contributed by atoms with E-state index in [0.717, 1.165) is 17.3 Å². The normalized spacial score (nSPS) is 10.3. The van der Waals surface area contributed by atoms with Gasteiger partial charge in [0.2, 0.25) is 0 Å². The topological polar surface area (TPSA) is 55.4 Å². The number of aryl methyl sites for hydroxylation is 1. The quantitative estimate of drug-likeness (QED) is 0.618. The number of hydrogen-bond acceptors (Lipinski definition) is 4. The first-order valence-corrected chi connectivity index (χ1v) is 8.41. The highest BCUT2D eigenvalue weighted by molar-refractivity contribution is 8.00. The minimum absolute atomic E-state index is 0.0838. The van der Waals surface area contributed by atoms with Gasteiger partial charge in [0.05, 0.1) is 16.5 Å². The summed E-state index contributed by atoms with van der Waals surface area (Å²) in [6.45, 7) is 1.45. The standard InChI is InChI=1S/C17H15ClFNO3S/c1-11-6-7-14(12(18)8-11)20-16(21)9-23-17(22)10-24-15-5-3-2-4-13(15)19/h2-8H,9-10H2,1H3,(H,20,21). The first-order chi connectivity index (χ1) is 11.5. The van der Waals surface area contributed by atoms with Crippen LogP contribution in [-0.2, 0) is 14.3 Å². The van der Waals surface area contributed by atoms with E-state index in [0.29, 0.717) is 15.6 Å². The number of carbonyl (C=O) groups is 2. The van der Waals surface area contributed by atoms with Crippen molar-refractivity contribution in [3.05, 3.63) is 58.9 Å². The van der Waals surface area contributed by atoms with Crippen molar-refractivity contribution in [2.45, 2.75) is 11.8 Å². The average Bonchev–Trinajstić information content (AvgIpc) is 2.55. The molecule has 0 aromatic heterocycles. The van der Waals surface area contributed by atoms with E-state index >= 15 is 0 Å². The summed E-state index contributed by atoms with van der Waals surface area (Å²) in [6.07, 6.45) is 0. The minimum atomic E-state index is -0.603. The van der Waals surface area contributed by atoms with Gasteiger partial charge >= 0.3 is 5.97 Å². The number of thioether (sulfide) groups is 1. The van der Waals surface area contributed by atoms with Crippen molar-refractivity contribution in [3.63, 3.8) is 0 Å². The largest absolute Gasteiger partial charge is 0.455 e. The predicted octanol–water partition coefficient (Wildman–Crippen LogP) is 4.06. The van der Waals surface area contributed by atoms with Gasteiger partial charge in [-0.3, -0.25) is 9.59 Å². The maximum atomic E-state index is 13.4. The van der Waals surface area contributed by atoms with Crippen LogP contribution < -0.4 is 5.32 Å². The zero-order chi connectivity index (χ0) is 17.5. The molecule has 0 saturated heterocycles. The molecule has 0 aliphatic heterocycles. The summed E-state index contributed by atoms with van der Waals surface area (Å²) >= 11 is 7.02. The van der Waals surface area contributed by atoms with E-state index in [1.54, 1.807) is 36.4 Å². The maximum Gasteiger partial charge on any atom is 0.316 e. The molecular weight excluding hydrogens is 353 g/mol. The van der Waals surface area contributed by atoms with Gasteiger partial charge < -0.3 is 10.1 Å². The Kier molecular flexibility index (Phi) is 6.63. The summed E-state index contributed by atoms with van der Waals surface area (Å²) in [5.74, 6) is -1.58. The second-order valence-corrected chi connectivity index (χ2v) is 6.34. The van der Waals surface area contributed by atoms with E-state index < -0.39 is 24.3 Å². The van der Waals surface area contributed by atoms with Crippen molar-refractivity contribution in [1.82, 2.24) is 0 Å². The molecule has 7 heteroatoms. The van der Waals surface area contributed by atoms with Gasteiger partial charge in [0.15, 0.2) is 6.61 Å². The second-order valence-electron chi connectivity index (χ2n) is 4.91. The smallest absolute Gasteiger partial charge is 0.316 e. The van der Waals surface area contributed by atoms with Gasteiger partial charge in [0, 0.05) is 4.90 Å². The highest BCUT2D eigenvalue weighted by atomic mass is 35.5. The molecule has 0 atom stereocenters. The van der Waals surface area contributed by atoms with E-state index in [1.807, 2.05) is 6.92 Å². The molecule has 0 radical (unpaired) electrons. The molecule has 2 rings (SSSR count). The van der Waals surface area contributed by atoms with E-state index in [1.165, 1.54) is 6.07 Å². The Balaban J connectivity index is 1.77. The highest BCUT2D eigenvalue weighted by Gasteiger charge is 2.11. The van der Waals surface area contributed by atoms with Crippen molar-refractivity contribution >= 4 is 40.9 Å². The predicted molar refractivity (Wildman–Crippen MR) is 92.9 cm³/mol. The summed E-state index contributed by atoms with van der Waals surface area (Å²) in [5, 5.41) is 2.97. The summed E-state index contributed by atoms with van der Waals surface area (Å²) < 4.78 is 18.3. The molecule has 1 amide bonds. The fourth-order valence-electron chi connectivity index (χ4n) is 1.79. The summed E-state index contributed by atoms with van der Waals surface area (Å²) in [6, 6.07) is 11.3. The molecule has 0 unspecified atom stereocenters. The number of amides is 1. The maximum absolute atomic E-state index is 13.4. The highest BCUT2D eigenvalue weighted by Crippen LogP contribution is 2.23. The monoisotopic (exact) mass is 367 g/mol. The number of benzene rings is 2. The van der Waals surface area contributed by atoms with E-state index in [2.05, 4.69) is 5.32 Å². The van der Waals surface area contributed by atoms with Crippen molar-refractivity contribution in [1.29, 1.82) is 0 Å². The number of ether oxygens (including phenoxy) is 1. The van der Waals surface area contributed by atoms with Gasteiger partial charge in [0.25, 0.3) is 5.91 Å². The third-order valence-corrected chi connectivity index (χ3v) is 4.28. The Morgan fingerprint density at radius 1 is 1.25 bits per heavy atom. The number of rotatable bonds is 6. The lowest BCUT2D eigenvalue weighted by Crippen LogP contribution is -2.21. The van der Waals surface area contributed by atoms with Crippen LogP contribution in [0.2, 0.25) is 5.02 Å². The average molecular weight is 368 g/mol. The lowest BCUT2D eigenvalue weighted by atomic mass is 10.2. The van der Waals surface area contributed by atoms with Crippen LogP contribution in [0.1, 0.15) is 5.56 Å². The lowest BCUT2D eigenvalue weighted by Gasteiger charge is -2.08. The van der Waals surface area contributed by atoms with Crippen molar-refractivity contribution in [3.8, 4) is 0 Å². The molecule has 0 aliphatic carbocycles. The first kappa shape index (κ1) is 18.3. The van der Waals surface area contributed by atoms with Gasteiger partial charge in [-0.1, -0.05) is 29.8 Å². The fourth-order valence-corrected chi connectivity index (χ4v) is 2.81. The molecule has 126 valence electrons. The summed E-state index contributed by atoms with van der Waals surface area (Å²) in [4.78, 5) is 23.7. The second kappa shape index (κ2) is 8.70. The Labute approximate surface area is 148 Å². The molecule has 24 heavy (non-hydrogen) atoms. The molecular formula is C17H15ClFNO3S. The molecule has 0 spiro atoms. The number of esters is 1. The molecule has 2 aromatic carbocycles. The van der Waals surface area contributed by atoms with Gasteiger partial charge in [-0.25, -0.2) is 4.39 Å². The summed E-state index contributed by atoms with van der Waals surface area (Å²) in [7, 11) is 0. The van der Waals surface area contributed by atoms with Crippen LogP contribution in [0.4, 0.5) is 10.1 Å². The van der Waals surface area contributed by atoms with Crippen LogP contribution in [0.15, 0.2) is 47.4 Å². The van der Waals surface area contributed by atoms with Crippen molar-refractivity contribution < 1.29 is 18.7 Å². The Hall–Kier alpha value is -2.05. The number of nitrogens with one attached hydrogen (secondary N) is 1. The van der Waals surface area contributed by atoms with Gasteiger partial charge in [-0.2, -0.15) is 0 Å². The van der Waals surface area contributed by atoms with Crippen LogP contribution in [0.5, 0.6) is 0 Å². The molecule has 1 N–H and O–H groups in total. The van der Waals surface area contributed by atoms with Gasteiger partial charge in [0.1, 0.15) is 5.82 Å². The van der Waals surface area contributed by atoms with Crippen molar-refractivity contribution in [2.24, 2.45) is 0 Å². The molecule has 0 heterocycles. The van der Waals surface area contributed by atoms with Gasteiger partial charge in [-0.15, -0.1) is 11.8 Å². The van der Waals surface area contributed by atoms with Crippen LogP contribution >= 0.6 is 23.4 Å². The number of halogens is 2. The number of carbonyl (C=O) groups excluding carboxylic acids is 2. The Morgan fingerprint density at radius 2 is 2.00 bits per heavy atom. The zero-order valence-electron chi connectivity index (χ0n) is 12.8. The van der Waals surface area contributed by atoms with Crippen LogP contribution in [0, 0.1) is 12.7 Å². The molecule has 0 bridgehead atoms. The third-order valence-electron chi connectivity index (χ3n) is 2.95. The van der Waals surface area contributed by atoms with Gasteiger partial charge in [-0.05, 0) is 36.8 Å². The van der Waals surface area contributed by atoms with Crippen LogP contribution in [-0.4, -0.2) is 24.2 Å². The fraction of sp³-hybridized carbons (Fsp3) is 0.176. The summed E-state index contributed by atoms with van der Waals surface area (Å²) in [5.41, 5.74) is 1.42. The molecule has 4 nitrogen and oxygen atoms in total. The van der Waals surface area contributed by atoms with E-state index in [-0.39, 0.29) is 5.75 Å². The van der Waals surface area contributed by atoms with Crippen LogP contribution in [0.3, 0.4) is 0 Å². The number of hydrogen-bond donors (Lipinski definition) is 1. The third kappa shape index (κ3) is 5.54. The van der Waals surface area contributed by atoms with E-state index in [9.17, 15) is 14.0 Å². The first-order valence-electron chi connectivity index (χ1n) is 7.04. The van der Waals surface area contributed by atoms with Crippen LogP contribution in [0.25, 0.3) is 0 Å². The molecule has 0 aliphatic rings. The molecule has 2 aromatic rings. The molecule has 0 fully saturated rings. The van der Waals surface area contributed by atoms with Crippen molar-refractivity contribution in [2.75, 3.05) is 17.7 Å². The number of anilines is 1. The molecule has 0 saturated carbocycles. The Bertz CT molecular complexity index is 754.